The number of esters is 1. The van der Waals surface area contributed by atoms with Gasteiger partial charge in [0, 0.05) is 0 Å². The van der Waals surface area contributed by atoms with Gasteiger partial charge in [-0.3, -0.25) is 19.3 Å². The molecule has 1 fully saturated rings. The molecule has 1 aliphatic rings. The maximum atomic E-state index is 12.6. The second kappa shape index (κ2) is 10.9. The first-order valence-corrected chi connectivity index (χ1v) is 11.1. The van der Waals surface area contributed by atoms with Gasteiger partial charge < -0.3 is 14.2 Å². The minimum Gasteiger partial charge on any atom is -0.490 e. The molecule has 2 amide bonds. The summed E-state index contributed by atoms with van der Waals surface area (Å²) >= 11 is 0.787. The van der Waals surface area contributed by atoms with Crippen LogP contribution in [0.1, 0.15) is 30.5 Å². The maximum Gasteiger partial charge on any atom is 0.326 e. The fourth-order valence-electron chi connectivity index (χ4n) is 2.97. The van der Waals surface area contributed by atoms with E-state index in [1.54, 1.807) is 31.2 Å². The number of amides is 2. The molecule has 1 heterocycles. The van der Waals surface area contributed by atoms with Crippen molar-refractivity contribution in [3.8, 4) is 11.5 Å². The molecule has 0 bridgehead atoms. The van der Waals surface area contributed by atoms with Gasteiger partial charge in [0.15, 0.2) is 11.5 Å². The van der Waals surface area contributed by atoms with Crippen LogP contribution in [0.2, 0.25) is 0 Å². The number of carbonyl (C=O) groups is 3. The van der Waals surface area contributed by atoms with Crippen LogP contribution in [0.3, 0.4) is 0 Å². The van der Waals surface area contributed by atoms with Crippen LogP contribution in [-0.4, -0.2) is 41.8 Å². The highest BCUT2D eigenvalue weighted by Gasteiger charge is 2.36. The molecule has 0 aromatic heterocycles. The molecule has 168 valence electrons. The third kappa shape index (κ3) is 5.91. The van der Waals surface area contributed by atoms with Crippen LogP contribution in [0.4, 0.5) is 4.79 Å². The molecule has 0 saturated carbocycles. The topological polar surface area (TPSA) is 82.1 Å². The largest absolute Gasteiger partial charge is 0.490 e. The summed E-state index contributed by atoms with van der Waals surface area (Å²) in [6.07, 6.45) is 1.60. The highest BCUT2D eigenvalue weighted by molar-refractivity contribution is 8.18. The summed E-state index contributed by atoms with van der Waals surface area (Å²) in [5.41, 5.74) is 2.90. The lowest BCUT2D eigenvalue weighted by molar-refractivity contribution is -0.145. The highest BCUT2D eigenvalue weighted by Crippen LogP contribution is 2.35. The van der Waals surface area contributed by atoms with E-state index in [1.807, 2.05) is 38.1 Å². The van der Waals surface area contributed by atoms with E-state index < -0.39 is 23.7 Å². The lowest BCUT2D eigenvalue weighted by Crippen LogP contribution is -2.34. The van der Waals surface area contributed by atoms with Crippen LogP contribution < -0.4 is 9.47 Å². The number of imide groups is 1. The van der Waals surface area contributed by atoms with E-state index in [9.17, 15) is 14.4 Å². The Balaban J connectivity index is 1.75. The van der Waals surface area contributed by atoms with Gasteiger partial charge in [-0.25, -0.2) is 0 Å². The van der Waals surface area contributed by atoms with E-state index in [0.29, 0.717) is 30.3 Å². The van der Waals surface area contributed by atoms with Gasteiger partial charge >= 0.3 is 5.97 Å². The zero-order valence-electron chi connectivity index (χ0n) is 18.3. The smallest absolute Gasteiger partial charge is 0.326 e. The first-order chi connectivity index (χ1) is 15.4. The van der Waals surface area contributed by atoms with Crippen molar-refractivity contribution in [3.63, 3.8) is 0 Å². The zero-order chi connectivity index (χ0) is 23.1. The first kappa shape index (κ1) is 23.4. The van der Waals surface area contributed by atoms with Gasteiger partial charge in [0.05, 0.1) is 18.1 Å². The fraction of sp³-hybridized carbons (Fsp3) is 0.292. The summed E-state index contributed by atoms with van der Waals surface area (Å²) in [5, 5.41) is -0.502. The van der Waals surface area contributed by atoms with Crippen LogP contribution in [-0.2, 0) is 20.9 Å². The van der Waals surface area contributed by atoms with Crippen LogP contribution in [0.5, 0.6) is 11.5 Å². The van der Waals surface area contributed by atoms with E-state index >= 15 is 0 Å². The third-order valence-electron chi connectivity index (χ3n) is 4.55. The molecule has 1 aliphatic heterocycles. The quantitative estimate of drug-likeness (QED) is 0.405. The Hall–Kier alpha value is -3.26. The highest BCUT2D eigenvalue weighted by atomic mass is 32.2. The fourth-order valence-corrected chi connectivity index (χ4v) is 3.81. The Morgan fingerprint density at radius 3 is 2.44 bits per heavy atom. The average Bonchev–Trinajstić information content (AvgIpc) is 3.02. The van der Waals surface area contributed by atoms with Gasteiger partial charge in [-0.2, -0.15) is 0 Å². The summed E-state index contributed by atoms with van der Waals surface area (Å²) in [4.78, 5) is 37.5. The van der Waals surface area contributed by atoms with E-state index in [2.05, 4.69) is 0 Å². The molecule has 7 nitrogen and oxygen atoms in total. The zero-order valence-corrected chi connectivity index (χ0v) is 19.1. The number of aryl methyl sites for hydroxylation is 1. The summed E-state index contributed by atoms with van der Waals surface area (Å²) in [5.74, 6) is -0.0189. The Labute approximate surface area is 191 Å². The van der Waals surface area contributed by atoms with E-state index in [4.69, 9.17) is 14.2 Å². The number of hydrogen-bond acceptors (Lipinski definition) is 7. The maximum absolute atomic E-state index is 12.6. The van der Waals surface area contributed by atoms with E-state index in [1.165, 1.54) is 5.56 Å². The lowest BCUT2D eigenvalue weighted by atomic mass is 10.1. The van der Waals surface area contributed by atoms with Crippen molar-refractivity contribution in [2.24, 2.45) is 0 Å². The molecule has 0 aliphatic carbocycles. The summed E-state index contributed by atoms with van der Waals surface area (Å²) in [6, 6.07) is 13.4. The van der Waals surface area contributed by atoms with Gasteiger partial charge in [0.1, 0.15) is 13.2 Å². The second-order valence-electron chi connectivity index (χ2n) is 6.99. The molecule has 8 heteroatoms. The number of carbonyl (C=O) groups excluding carboxylic acids is 3. The SMILES string of the molecule is CCOC(=O)CN1C(=O)S/C(=C\c2ccc(OCc3ccc(C)cc3)c(OCC)c2)C1=O. The molecule has 32 heavy (non-hydrogen) atoms. The van der Waals surface area contributed by atoms with Gasteiger partial charge in [0.25, 0.3) is 11.1 Å². The predicted octanol–water partition coefficient (Wildman–Crippen LogP) is 4.57. The third-order valence-corrected chi connectivity index (χ3v) is 5.45. The molecular formula is C24H25NO6S. The van der Waals surface area contributed by atoms with Crippen molar-refractivity contribution < 1.29 is 28.6 Å². The minimum absolute atomic E-state index is 0.184. The molecule has 1 saturated heterocycles. The van der Waals surface area contributed by atoms with Crippen molar-refractivity contribution >= 4 is 35.0 Å². The first-order valence-electron chi connectivity index (χ1n) is 10.3. The Kier molecular flexibility index (Phi) is 7.94. The average molecular weight is 456 g/mol. The normalized spacial score (nSPS) is 14.7. The number of thioether (sulfide) groups is 1. The predicted molar refractivity (Wildman–Crippen MR) is 122 cm³/mol. The van der Waals surface area contributed by atoms with Gasteiger partial charge in [-0.15, -0.1) is 0 Å². The standard InChI is InChI=1S/C24H25NO6S/c1-4-29-20-12-18(10-11-19(20)31-15-17-8-6-16(3)7-9-17)13-21-23(27)25(24(28)32-21)14-22(26)30-5-2/h6-13H,4-5,14-15H2,1-3H3/b21-13-. The Morgan fingerprint density at radius 2 is 1.75 bits per heavy atom. The molecular weight excluding hydrogens is 430 g/mol. The molecule has 3 rings (SSSR count). The lowest BCUT2D eigenvalue weighted by Gasteiger charge is -2.13. The molecule has 0 N–H and O–H groups in total. The van der Waals surface area contributed by atoms with Crippen LogP contribution in [0.15, 0.2) is 47.4 Å². The second-order valence-corrected chi connectivity index (χ2v) is 7.98. The molecule has 0 atom stereocenters. The monoisotopic (exact) mass is 455 g/mol. The Bertz CT molecular complexity index is 1030. The van der Waals surface area contributed by atoms with Gasteiger partial charge in [0.2, 0.25) is 0 Å². The summed E-state index contributed by atoms with van der Waals surface area (Å²) < 4.78 is 16.5. The minimum atomic E-state index is -0.621. The number of rotatable bonds is 9. The van der Waals surface area contributed by atoms with Crippen molar-refractivity contribution in [3.05, 3.63) is 64.1 Å². The van der Waals surface area contributed by atoms with Gasteiger partial charge in [-0.1, -0.05) is 35.9 Å². The molecule has 0 radical (unpaired) electrons. The number of benzene rings is 2. The molecule has 2 aromatic carbocycles. The molecule has 0 unspecified atom stereocenters. The van der Waals surface area contributed by atoms with E-state index in [-0.39, 0.29) is 11.5 Å². The van der Waals surface area contributed by atoms with Crippen molar-refractivity contribution in [1.29, 1.82) is 0 Å². The van der Waals surface area contributed by atoms with Crippen LogP contribution in [0, 0.1) is 6.92 Å². The number of nitrogens with zero attached hydrogens (tertiary/aromatic N) is 1. The molecule has 0 spiro atoms. The summed E-state index contributed by atoms with van der Waals surface area (Å²) in [6.45, 7) is 6.19. The van der Waals surface area contributed by atoms with Crippen LogP contribution in [0.25, 0.3) is 6.08 Å². The van der Waals surface area contributed by atoms with Gasteiger partial charge in [-0.05, 0) is 61.9 Å². The van der Waals surface area contributed by atoms with Crippen LogP contribution >= 0.6 is 11.8 Å². The Morgan fingerprint density at radius 1 is 1.00 bits per heavy atom. The van der Waals surface area contributed by atoms with Crippen molar-refractivity contribution in [2.75, 3.05) is 19.8 Å². The summed E-state index contributed by atoms with van der Waals surface area (Å²) in [7, 11) is 0. The molecule has 2 aromatic rings. The number of ether oxygens (including phenoxy) is 3. The van der Waals surface area contributed by atoms with Crippen molar-refractivity contribution in [1.82, 2.24) is 4.90 Å². The van der Waals surface area contributed by atoms with E-state index in [0.717, 1.165) is 22.2 Å². The van der Waals surface area contributed by atoms with Crippen molar-refractivity contribution in [2.45, 2.75) is 27.4 Å². The number of hydrogen-bond donors (Lipinski definition) is 0.